The van der Waals surface area contributed by atoms with Crippen LogP contribution in [0.1, 0.15) is 32.8 Å². The van der Waals surface area contributed by atoms with Crippen LogP contribution < -0.4 is 4.90 Å². The highest BCUT2D eigenvalue weighted by atomic mass is 32.1. The molecule has 1 aromatic heterocycles. The van der Waals surface area contributed by atoms with Gasteiger partial charge >= 0.3 is 0 Å². The SMILES string of the molecule is COCCN1C(=O)c2ccccc2[C@@H](C(=O)N2CCN(c3ccc([N+](=O)[O-])cc3)CC2)[C@@H]1c1cccs1. The Morgan fingerprint density at radius 2 is 1.78 bits per heavy atom. The van der Waals surface area contributed by atoms with Crippen LogP contribution >= 0.6 is 11.3 Å². The second-order valence-electron chi connectivity index (χ2n) is 9.10. The predicted molar refractivity (Wildman–Crippen MR) is 141 cm³/mol. The molecule has 0 N–H and O–H groups in total. The Bertz CT molecular complexity index is 1270. The fourth-order valence-corrected chi connectivity index (χ4v) is 6.11. The Labute approximate surface area is 219 Å². The number of non-ortho nitro benzene ring substituents is 1. The topological polar surface area (TPSA) is 96.2 Å². The molecule has 3 aromatic rings. The van der Waals surface area contributed by atoms with Gasteiger partial charge < -0.3 is 19.4 Å². The standard InChI is InChI=1S/C27H28N4O5S/c1-36-17-16-30-25(23-7-4-18-37-23)24(21-5-2-3-6-22(21)26(30)32)27(33)29-14-12-28(13-15-29)19-8-10-20(11-9-19)31(34)35/h2-11,18,24-25H,12-17H2,1H3/t24-,25+/m1/s1. The minimum atomic E-state index is -0.518. The number of benzene rings is 2. The number of nitro groups is 1. The number of rotatable bonds is 7. The van der Waals surface area contributed by atoms with Gasteiger partial charge in [0.1, 0.15) is 0 Å². The maximum atomic E-state index is 14.2. The molecule has 0 radical (unpaired) electrons. The van der Waals surface area contributed by atoms with E-state index < -0.39 is 16.9 Å². The molecule has 10 heteroatoms. The number of methoxy groups -OCH3 is 1. The first kappa shape index (κ1) is 24.9. The lowest BCUT2D eigenvalue weighted by atomic mass is 9.81. The lowest BCUT2D eigenvalue weighted by Gasteiger charge is -2.44. The number of hydrogen-bond donors (Lipinski definition) is 0. The van der Waals surface area contributed by atoms with E-state index in [0.717, 1.165) is 16.1 Å². The van der Waals surface area contributed by atoms with E-state index in [1.807, 2.05) is 40.6 Å². The van der Waals surface area contributed by atoms with Gasteiger partial charge in [0.15, 0.2) is 0 Å². The quantitative estimate of drug-likeness (QED) is 0.346. The molecule has 37 heavy (non-hydrogen) atoms. The van der Waals surface area contributed by atoms with Crippen molar-refractivity contribution in [2.75, 3.05) is 51.3 Å². The Hall–Kier alpha value is -3.76. The second kappa shape index (κ2) is 10.7. The fraction of sp³-hybridized carbons (Fsp3) is 0.333. The highest BCUT2D eigenvalue weighted by Gasteiger charge is 2.46. The Balaban J connectivity index is 1.41. The number of nitro benzene ring substituents is 1. The van der Waals surface area contributed by atoms with Crippen molar-refractivity contribution < 1.29 is 19.2 Å². The molecule has 3 heterocycles. The largest absolute Gasteiger partial charge is 0.383 e. The summed E-state index contributed by atoms with van der Waals surface area (Å²) in [4.78, 5) is 45.1. The molecule has 2 amide bonds. The van der Waals surface area contributed by atoms with E-state index in [9.17, 15) is 19.7 Å². The van der Waals surface area contributed by atoms with E-state index in [1.165, 1.54) is 12.1 Å². The van der Waals surface area contributed by atoms with Crippen molar-refractivity contribution in [3.63, 3.8) is 0 Å². The molecular formula is C27H28N4O5S. The molecule has 9 nitrogen and oxygen atoms in total. The number of carbonyl (C=O) groups excluding carboxylic acids is 2. The Morgan fingerprint density at radius 1 is 1.05 bits per heavy atom. The summed E-state index contributed by atoms with van der Waals surface area (Å²) in [6, 6.07) is 17.5. The van der Waals surface area contributed by atoms with Crippen LogP contribution in [0.25, 0.3) is 0 Å². The van der Waals surface area contributed by atoms with Crippen LogP contribution in [0.3, 0.4) is 0 Å². The van der Waals surface area contributed by atoms with E-state index in [4.69, 9.17) is 4.74 Å². The maximum absolute atomic E-state index is 14.2. The van der Waals surface area contributed by atoms with Crippen molar-refractivity contribution in [3.05, 3.63) is 92.2 Å². The molecule has 2 aromatic carbocycles. The molecule has 0 unspecified atom stereocenters. The molecule has 2 aliphatic rings. The minimum Gasteiger partial charge on any atom is -0.383 e. The molecular weight excluding hydrogens is 492 g/mol. The van der Waals surface area contributed by atoms with Gasteiger partial charge in [-0.15, -0.1) is 11.3 Å². The monoisotopic (exact) mass is 520 g/mol. The van der Waals surface area contributed by atoms with Crippen LogP contribution in [0.15, 0.2) is 66.0 Å². The zero-order valence-corrected chi connectivity index (χ0v) is 21.3. The first-order valence-corrected chi connectivity index (χ1v) is 13.1. The highest BCUT2D eigenvalue weighted by Crippen LogP contribution is 2.45. The number of nitrogens with zero attached hydrogens (tertiary/aromatic N) is 4. The first-order valence-electron chi connectivity index (χ1n) is 12.2. The Kier molecular flexibility index (Phi) is 7.20. The predicted octanol–water partition coefficient (Wildman–Crippen LogP) is 3.93. The molecule has 0 spiro atoms. The summed E-state index contributed by atoms with van der Waals surface area (Å²) in [6.45, 7) is 3.06. The van der Waals surface area contributed by atoms with Crippen LogP contribution in [-0.4, -0.2) is 73.0 Å². The number of hydrogen-bond acceptors (Lipinski definition) is 7. The third kappa shape index (κ3) is 4.82. The van der Waals surface area contributed by atoms with Crippen LogP contribution in [0.4, 0.5) is 11.4 Å². The average molecular weight is 521 g/mol. The van der Waals surface area contributed by atoms with E-state index in [0.29, 0.717) is 44.9 Å². The van der Waals surface area contributed by atoms with Gasteiger partial charge in [0, 0.05) is 68.1 Å². The van der Waals surface area contributed by atoms with Gasteiger partial charge in [-0.2, -0.15) is 0 Å². The summed E-state index contributed by atoms with van der Waals surface area (Å²) >= 11 is 1.55. The molecule has 0 aliphatic carbocycles. The zero-order valence-electron chi connectivity index (χ0n) is 20.5. The molecule has 0 bridgehead atoms. The molecule has 5 rings (SSSR count). The van der Waals surface area contributed by atoms with Gasteiger partial charge in [-0.3, -0.25) is 19.7 Å². The summed E-state index contributed by atoms with van der Waals surface area (Å²) in [6.07, 6.45) is 0. The molecule has 1 fully saturated rings. The number of ether oxygens (including phenoxy) is 1. The maximum Gasteiger partial charge on any atom is 0.269 e. The second-order valence-corrected chi connectivity index (χ2v) is 10.1. The van der Waals surface area contributed by atoms with Crippen LogP contribution in [-0.2, 0) is 9.53 Å². The van der Waals surface area contributed by atoms with Gasteiger partial charge in [-0.05, 0) is 35.2 Å². The van der Waals surface area contributed by atoms with E-state index >= 15 is 0 Å². The van der Waals surface area contributed by atoms with Gasteiger partial charge in [0.25, 0.3) is 11.6 Å². The normalized spacial score (nSPS) is 19.6. The average Bonchev–Trinajstić information content (AvgIpc) is 3.47. The number of carbonyl (C=O) groups is 2. The lowest BCUT2D eigenvalue weighted by molar-refractivity contribution is -0.384. The van der Waals surface area contributed by atoms with Crippen LogP contribution in [0.5, 0.6) is 0 Å². The summed E-state index contributed by atoms with van der Waals surface area (Å²) in [7, 11) is 1.61. The van der Waals surface area contributed by atoms with E-state index in [-0.39, 0.29) is 17.5 Å². The Morgan fingerprint density at radius 3 is 2.43 bits per heavy atom. The minimum absolute atomic E-state index is 0.00381. The molecule has 192 valence electrons. The highest BCUT2D eigenvalue weighted by molar-refractivity contribution is 7.10. The summed E-state index contributed by atoms with van der Waals surface area (Å²) < 4.78 is 5.30. The van der Waals surface area contributed by atoms with Gasteiger partial charge in [-0.25, -0.2) is 0 Å². The number of anilines is 1. The van der Waals surface area contributed by atoms with Crippen molar-refractivity contribution in [1.82, 2.24) is 9.80 Å². The summed E-state index contributed by atoms with van der Waals surface area (Å²) in [5, 5.41) is 12.9. The fourth-order valence-electron chi connectivity index (χ4n) is 5.24. The number of fused-ring (bicyclic) bond motifs is 1. The van der Waals surface area contributed by atoms with E-state index in [2.05, 4.69) is 4.90 Å². The van der Waals surface area contributed by atoms with Gasteiger partial charge in [0.05, 0.1) is 23.5 Å². The van der Waals surface area contributed by atoms with Crippen molar-refractivity contribution >= 4 is 34.5 Å². The third-order valence-corrected chi connectivity index (χ3v) is 8.04. The smallest absolute Gasteiger partial charge is 0.269 e. The summed E-state index contributed by atoms with van der Waals surface area (Å²) in [5.41, 5.74) is 2.28. The third-order valence-electron chi connectivity index (χ3n) is 7.09. The zero-order chi connectivity index (χ0) is 25.9. The number of thiophene rings is 1. The van der Waals surface area contributed by atoms with Crippen LogP contribution in [0, 0.1) is 10.1 Å². The number of piperazine rings is 1. The van der Waals surface area contributed by atoms with Crippen molar-refractivity contribution in [1.29, 1.82) is 0 Å². The van der Waals surface area contributed by atoms with E-state index in [1.54, 1.807) is 41.5 Å². The summed E-state index contributed by atoms with van der Waals surface area (Å²) in [5.74, 6) is -0.600. The number of amides is 2. The molecule has 2 atom stereocenters. The van der Waals surface area contributed by atoms with Gasteiger partial charge in [0.2, 0.25) is 5.91 Å². The van der Waals surface area contributed by atoms with Gasteiger partial charge in [-0.1, -0.05) is 24.3 Å². The molecule has 1 saturated heterocycles. The van der Waals surface area contributed by atoms with Crippen molar-refractivity contribution in [3.8, 4) is 0 Å². The lowest BCUT2D eigenvalue weighted by Crippen LogP contribution is -2.53. The first-order chi connectivity index (χ1) is 18.0. The molecule has 2 aliphatic heterocycles. The van der Waals surface area contributed by atoms with Crippen LogP contribution in [0.2, 0.25) is 0 Å². The van der Waals surface area contributed by atoms with Crippen molar-refractivity contribution in [2.45, 2.75) is 12.0 Å². The molecule has 0 saturated carbocycles. The van der Waals surface area contributed by atoms with Crippen molar-refractivity contribution in [2.24, 2.45) is 0 Å².